The quantitative estimate of drug-likeness (QED) is 0.840. The molecule has 3 rings (SSSR count). The molecule has 2 aliphatic rings. The number of nitrogens with zero attached hydrogens (tertiary/aromatic N) is 1. The van der Waals surface area contributed by atoms with Gasteiger partial charge in [0.05, 0.1) is 0 Å². The van der Waals surface area contributed by atoms with E-state index in [0.717, 1.165) is 12.0 Å². The van der Waals surface area contributed by atoms with Crippen LogP contribution in [0.1, 0.15) is 25.8 Å². The van der Waals surface area contributed by atoms with Crippen LogP contribution in [-0.4, -0.2) is 30.1 Å². The van der Waals surface area contributed by atoms with E-state index in [1.54, 1.807) is 0 Å². The first kappa shape index (κ1) is 11.1. The molecule has 17 heavy (non-hydrogen) atoms. The van der Waals surface area contributed by atoms with E-state index in [4.69, 9.17) is 0 Å². The van der Waals surface area contributed by atoms with Crippen molar-refractivity contribution in [3.63, 3.8) is 0 Å². The Balaban J connectivity index is 1.62. The molecule has 2 heteroatoms. The van der Waals surface area contributed by atoms with Crippen molar-refractivity contribution in [3.8, 4) is 0 Å². The lowest BCUT2D eigenvalue weighted by Crippen LogP contribution is -2.37. The predicted octanol–water partition coefficient (Wildman–Crippen LogP) is 2.75. The summed E-state index contributed by atoms with van der Waals surface area (Å²) in [5.74, 6) is 0.869. The summed E-state index contributed by atoms with van der Waals surface area (Å²) in [4.78, 5) is 2.65. The second-order valence-corrected chi connectivity index (χ2v) is 5.85. The standard InChI is InChI=1S/C15H22N2/c1-11-7-12(2)17(9-11)10-14-8-13-5-3-4-6-15(13)16-14/h3-6,11-12,14,16H,7-10H2,1-2H3. The van der Waals surface area contributed by atoms with E-state index in [2.05, 4.69) is 48.3 Å². The fraction of sp³-hybridized carbons (Fsp3) is 0.600. The van der Waals surface area contributed by atoms with Gasteiger partial charge in [0.25, 0.3) is 0 Å². The normalized spacial score (nSPS) is 32.5. The SMILES string of the molecule is CC1CC(C)N(CC2Cc3ccccc3N2)C1. The maximum Gasteiger partial charge on any atom is 0.0429 e. The predicted molar refractivity (Wildman–Crippen MR) is 72.4 cm³/mol. The van der Waals surface area contributed by atoms with Gasteiger partial charge in [-0.1, -0.05) is 25.1 Å². The van der Waals surface area contributed by atoms with Crippen LogP contribution < -0.4 is 5.32 Å². The van der Waals surface area contributed by atoms with Crippen molar-refractivity contribution in [1.82, 2.24) is 4.90 Å². The van der Waals surface area contributed by atoms with E-state index in [9.17, 15) is 0 Å². The first-order chi connectivity index (χ1) is 8.22. The molecule has 1 N–H and O–H groups in total. The maximum atomic E-state index is 3.66. The number of rotatable bonds is 2. The number of fused-ring (bicyclic) bond motifs is 1. The lowest BCUT2D eigenvalue weighted by atomic mass is 10.1. The maximum absolute atomic E-state index is 3.66. The minimum absolute atomic E-state index is 0.611. The van der Waals surface area contributed by atoms with Crippen LogP contribution >= 0.6 is 0 Å². The summed E-state index contributed by atoms with van der Waals surface area (Å²) < 4.78 is 0. The molecule has 3 unspecified atom stereocenters. The van der Waals surface area contributed by atoms with Gasteiger partial charge in [0.2, 0.25) is 0 Å². The van der Waals surface area contributed by atoms with Crippen molar-refractivity contribution in [2.24, 2.45) is 5.92 Å². The van der Waals surface area contributed by atoms with Gasteiger partial charge in [0, 0.05) is 30.9 Å². The van der Waals surface area contributed by atoms with Crippen molar-refractivity contribution < 1.29 is 0 Å². The summed E-state index contributed by atoms with van der Waals surface area (Å²) in [6, 6.07) is 10.1. The Labute approximate surface area is 104 Å². The lowest BCUT2D eigenvalue weighted by molar-refractivity contribution is 0.255. The highest BCUT2D eigenvalue weighted by Crippen LogP contribution is 2.28. The van der Waals surface area contributed by atoms with Crippen LogP contribution in [0.4, 0.5) is 5.69 Å². The summed E-state index contributed by atoms with van der Waals surface area (Å²) in [5.41, 5.74) is 2.83. The van der Waals surface area contributed by atoms with Gasteiger partial charge in [0.15, 0.2) is 0 Å². The van der Waals surface area contributed by atoms with Crippen LogP contribution in [0.3, 0.4) is 0 Å². The highest BCUT2D eigenvalue weighted by atomic mass is 15.2. The van der Waals surface area contributed by atoms with Crippen LogP contribution in [-0.2, 0) is 6.42 Å². The van der Waals surface area contributed by atoms with Gasteiger partial charge in [-0.15, -0.1) is 0 Å². The zero-order chi connectivity index (χ0) is 11.8. The molecule has 2 aliphatic heterocycles. The zero-order valence-electron chi connectivity index (χ0n) is 10.8. The van der Waals surface area contributed by atoms with Crippen molar-refractivity contribution >= 4 is 5.69 Å². The Bertz CT molecular complexity index is 377. The van der Waals surface area contributed by atoms with E-state index in [1.807, 2.05) is 0 Å². The number of hydrogen-bond donors (Lipinski definition) is 1. The number of para-hydroxylation sites is 1. The van der Waals surface area contributed by atoms with E-state index in [0.29, 0.717) is 6.04 Å². The van der Waals surface area contributed by atoms with Crippen LogP contribution in [0.5, 0.6) is 0 Å². The first-order valence-electron chi connectivity index (χ1n) is 6.81. The zero-order valence-corrected chi connectivity index (χ0v) is 10.8. The van der Waals surface area contributed by atoms with Crippen molar-refractivity contribution in [3.05, 3.63) is 29.8 Å². The molecule has 1 aromatic rings. The van der Waals surface area contributed by atoms with Gasteiger partial charge in [-0.3, -0.25) is 4.90 Å². The molecule has 0 saturated carbocycles. The molecule has 1 saturated heterocycles. The number of hydrogen-bond acceptors (Lipinski definition) is 2. The molecule has 0 spiro atoms. The monoisotopic (exact) mass is 230 g/mol. The number of benzene rings is 1. The largest absolute Gasteiger partial charge is 0.380 e. The Hall–Kier alpha value is -1.02. The molecule has 92 valence electrons. The van der Waals surface area contributed by atoms with Gasteiger partial charge >= 0.3 is 0 Å². The van der Waals surface area contributed by atoms with E-state index in [-0.39, 0.29) is 0 Å². The molecule has 0 radical (unpaired) electrons. The summed E-state index contributed by atoms with van der Waals surface area (Å²) >= 11 is 0. The topological polar surface area (TPSA) is 15.3 Å². The van der Waals surface area contributed by atoms with E-state index >= 15 is 0 Å². The van der Waals surface area contributed by atoms with Crippen LogP contribution in [0, 0.1) is 5.92 Å². The van der Waals surface area contributed by atoms with E-state index < -0.39 is 0 Å². The van der Waals surface area contributed by atoms with Crippen molar-refractivity contribution in [1.29, 1.82) is 0 Å². The summed E-state index contributed by atoms with van der Waals surface area (Å²) in [6.45, 7) is 7.20. The third kappa shape index (κ3) is 2.19. The van der Waals surface area contributed by atoms with Crippen LogP contribution in [0.2, 0.25) is 0 Å². The van der Waals surface area contributed by atoms with Crippen molar-refractivity contribution in [2.45, 2.75) is 38.8 Å². The Morgan fingerprint density at radius 3 is 2.82 bits per heavy atom. The smallest absolute Gasteiger partial charge is 0.0429 e. The summed E-state index contributed by atoms with van der Waals surface area (Å²) in [5, 5.41) is 3.66. The number of likely N-dealkylation sites (tertiary alicyclic amines) is 1. The third-order valence-corrected chi connectivity index (χ3v) is 4.21. The molecule has 0 amide bonds. The number of nitrogens with one attached hydrogen (secondary N) is 1. The fourth-order valence-corrected chi connectivity index (χ4v) is 3.41. The van der Waals surface area contributed by atoms with E-state index in [1.165, 1.54) is 37.2 Å². The highest BCUT2D eigenvalue weighted by Gasteiger charge is 2.29. The van der Waals surface area contributed by atoms with Gasteiger partial charge in [-0.05, 0) is 37.3 Å². The molecule has 2 heterocycles. The Kier molecular flexibility index (Phi) is 2.83. The second kappa shape index (κ2) is 4.34. The van der Waals surface area contributed by atoms with Gasteiger partial charge in [0.1, 0.15) is 0 Å². The average Bonchev–Trinajstić information content (AvgIpc) is 2.82. The summed E-state index contributed by atoms with van der Waals surface area (Å²) in [7, 11) is 0. The molecule has 1 aromatic carbocycles. The molecule has 0 aromatic heterocycles. The van der Waals surface area contributed by atoms with Gasteiger partial charge in [-0.25, -0.2) is 0 Å². The second-order valence-electron chi connectivity index (χ2n) is 5.85. The Morgan fingerprint density at radius 1 is 1.29 bits per heavy atom. The van der Waals surface area contributed by atoms with Gasteiger partial charge < -0.3 is 5.32 Å². The highest BCUT2D eigenvalue weighted by molar-refractivity contribution is 5.56. The number of anilines is 1. The van der Waals surface area contributed by atoms with Crippen LogP contribution in [0.25, 0.3) is 0 Å². The molecular weight excluding hydrogens is 208 g/mol. The molecule has 0 aliphatic carbocycles. The average molecular weight is 230 g/mol. The van der Waals surface area contributed by atoms with Gasteiger partial charge in [-0.2, -0.15) is 0 Å². The van der Waals surface area contributed by atoms with Crippen LogP contribution in [0.15, 0.2) is 24.3 Å². The minimum atomic E-state index is 0.611. The molecule has 2 nitrogen and oxygen atoms in total. The minimum Gasteiger partial charge on any atom is -0.380 e. The fourth-order valence-electron chi connectivity index (χ4n) is 3.41. The summed E-state index contributed by atoms with van der Waals surface area (Å²) in [6.07, 6.45) is 2.55. The lowest BCUT2D eigenvalue weighted by Gasteiger charge is -2.25. The third-order valence-electron chi connectivity index (χ3n) is 4.21. The van der Waals surface area contributed by atoms with Crippen molar-refractivity contribution in [2.75, 3.05) is 18.4 Å². The Morgan fingerprint density at radius 2 is 2.12 bits per heavy atom. The molecule has 3 atom stereocenters. The molecule has 1 fully saturated rings. The first-order valence-corrected chi connectivity index (χ1v) is 6.81. The molecule has 0 bridgehead atoms. The molecular formula is C15H22N2.